The normalized spacial score (nSPS) is 16.3. The number of benzene rings is 1. The Kier molecular flexibility index (Phi) is 8.71. The molecule has 0 bridgehead atoms. The van der Waals surface area contributed by atoms with Crippen LogP contribution in [-0.4, -0.2) is 70.0 Å². The van der Waals surface area contributed by atoms with E-state index >= 15 is 0 Å². The minimum atomic E-state index is -0.0853. The molecular formula is C20H34N4O2. The summed E-state index contributed by atoms with van der Waals surface area (Å²) in [5.74, 6) is 0. The lowest BCUT2D eigenvalue weighted by molar-refractivity contribution is 0.193. The van der Waals surface area contributed by atoms with E-state index in [9.17, 15) is 4.79 Å². The van der Waals surface area contributed by atoms with Gasteiger partial charge in [-0.05, 0) is 44.4 Å². The summed E-state index contributed by atoms with van der Waals surface area (Å²) in [5.41, 5.74) is 2.63. The molecule has 1 unspecified atom stereocenters. The molecule has 2 rings (SSSR count). The monoisotopic (exact) mass is 362 g/mol. The van der Waals surface area contributed by atoms with Crippen molar-refractivity contribution in [1.29, 1.82) is 0 Å². The van der Waals surface area contributed by atoms with Gasteiger partial charge < -0.3 is 20.3 Å². The van der Waals surface area contributed by atoms with Crippen molar-refractivity contribution >= 4 is 11.7 Å². The lowest BCUT2D eigenvalue weighted by Crippen LogP contribution is -2.48. The molecule has 1 aliphatic heterocycles. The predicted molar refractivity (Wildman–Crippen MR) is 107 cm³/mol. The molecular weight excluding hydrogens is 328 g/mol. The van der Waals surface area contributed by atoms with Crippen LogP contribution in [0.3, 0.4) is 0 Å². The molecule has 0 aliphatic carbocycles. The number of anilines is 1. The van der Waals surface area contributed by atoms with E-state index in [0.717, 1.165) is 45.6 Å². The fourth-order valence-electron chi connectivity index (χ4n) is 3.20. The summed E-state index contributed by atoms with van der Waals surface area (Å²) < 4.78 is 4.97. The highest BCUT2D eigenvalue weighted by Crippen LogP contribution is 2.17. The third-order valence-corrected chi connectivity index (χ3v) is 4.81. The van der Waals surface area contributed by atoms with E-state index in [1.165, 1.54) is 11.3 Å². The van der Waals surface area contributed by atoms with Crippen molar-refractivity contribution in [2.45, 2.75) is 32.7 Å². The Hall–Kier alpha value is -1.79. The molecule has 6 heteroatoms. The molecule has 26 heavy (non-hydrogen) atoms. The molecule has 1 atom stereocenters. The number of urea groups is 1. The average Bonchev–Trinajstić information content (AvgIpc) is 2.64. The van der Waals surface area contributed by atoms with E-state index in [1.807, 2.05) is 0 Å². The number of carbonyl (C=O) groups is 1. The maximum Gasteiger partial charge on any atom is 0.314 e. The lowest BCUT2D eigenvalue weighted by atomic mass is 10.1. The summed E-state index contributed by atoms with van der Waals surface area (Å²) >= 11 is 0. The van der Waals surface area contributed by atoms with Crippen LogP contribution in [0.5, 0.6) is 0 Å². The maximum absolute atomic E-state index is 11.8. The average molecular weight is 363 g/mol. The van der Waals surface area contributed by atoms with Gasteiger partial charge >= 0.3 is 6.03 Å². The smallest absolute Gasteiger partial charge is 0.314 e. The second kappa shape index (κ2) is 11.0. The molecule has 1 fully saturated rings. The molecule has 0 radical (unpaired) electrons. The van der Waals surface area contributed by atoms with Crippen LogP contribution < -0.4 is 15.5 Å². The minimum Gasteiger partial charge on any atom is -0.385 e. The Balaban J connectivity index is 1.61. The molecule has 2 N–H and O–H groups in total. The van der Waals surface area contributed by atoms with Crippen LogP contribution in [-0.2, 0) is 4.74 Å². The minimum absolute atomic E-state index is 0.0853. The van der Waals surface area contributed by atoms with Gasteiger partial charge in [0.05, 0.1) is 0 Å². The van der Waals surface area contributed by atoms with Crippen molar-refractivity contribution in [3.05, 3.63) is 29.8 Å². The van der Waals surface area contributed by atoms with Gasteiger partial charge in [-0.1, -0.05) is 12.1 Å². The van der Waals surface area contributed by atoms with Gasteiger partial charge in [0.15, 0.2) is 0 Å². The topological polar surface area (TPSA) is 56.8 Å². The van der Waals surface area contributed by atoms with Gasteiger partial charge in [0.1, 0.15) is 0 Å². The standard InChI is InChI=1S/C20H34N4O2/c1-17-6-4-7-19(16-17)24-13-11-23(12-14-24)10-8-18(2)22-20(25)21-9-5-15-26-3/h4,6-7,16,18H,5,8-15H2,1-3H3,(H2,21,22,25). The van der Waals surface area contributed by atoms with Crippen molar-refractivity contribution in [2.75, 3.05) is 57.9 Å². The molecule has 146 valence electrons. The predicted octanol–water partition coefficient (Wildman–Crippen LogP) is 2.23. The zero-order valence-electron chi connectivity index (χ0n) is 16.5. The van der Waals surface area contributed by atoms with Crippen molar-refractivity contribution < 1.29 is 9.53 Å². The Labute approximate surface area is 157 Å². The molecule has 1 aromatic carbocycles. The third-order valence-electron chi connectivity index (χ3n) is 4.81. The molecule has 0 spiro atoms. The quantitative estimate of drug-likeness (QED) is 0.662. The summed E-state index contributed by atoms with van der Waals surface area (Å²) in [6.45, 7) is 10.8. The Morgan fingerprint density at radius 1 is 1.27 bits per heavy atom. The summed E-state index contributed by atoms with van der Waals surface area (Å²) in [6, 6.07) is 8.81. The first-order valence-corrected chi connectivity index (χ1v) is 9.65. The van der Waals surface area contributed by atoms with Crippen LogP contribution in [0.1, 0.15) is 25.3 Å². The fraction of sp³-hybridized carbons (Fsp3) is 0.650. The highest BCUT2D eigenvalue weighted by atomic mass is 16.5. The van der Waals surface area contributed by atoms with Gasteiger partial charge in [0, 0.05) is 64.7 Å². The Morgan fingerprint density at radius 3 is 2.73 bits per heavy atom. The van der Waals surface area contributed by atoms with Crippen LogP contribution in [0, 0.1) is 6.92 Å². The van der Waals surface area contributed by atoms with Gasteiger partial charge in [-0.3, -0.25) is 4.90 Å². The first-order chi connectivity index (χ1) is 12.6. The number of hydrogen-bond donors (Lipinski definition) is 2. The van der Waals surface area contributed by atoms with Gasteiger partial charge in [0.25, 0.3) is 0 Å². The van der Waals surface area contributed by atoms with Crippen molar-refractivity contribution in [2.24, 2.45) is 0 Å². The zero-order chi connectivity index (χ0) is 18.8. The van der Waals surface area contributed by atoms with Crippen LogP contribution in [0.15, 0.2) is 24.3 Å². The van der Waals surface area contributed by atoms with E-state index in [-0.39, 0.29) is 12.1 Å². The second-order valence-corrected chi connectivity index (χ2v) is 7.10. The van der Waals surface area contributed by atoms with Gasteiger partial charge in [-0.15, -0.1) is 0 Å². The highest BCUT2D eigenvalue weighted by molar-refractivity contribution is 5.74. The first-order valence-electron chi connectivity index (χ1n) is 9.65. The number of aryl methyl sites for hydroxylation is 1. The fourth-order valence-corrected chi connectivity index (χ4v) is 3.20. The number of ether oxygens (including phenoxy) is 1. The molecule has 2 amide bonds. The number of methoxy groups -OCH3 is 1. The number of amides is 2. The first kappa shape index (κ1) is 20.5. The van der Waals surface area contributed by atoms with Crippen molar-refractivity contribution in [3.63, 3.8) is 0 Å². The van der Waals surface area contributed by atoms with E-state index in [2.05, 4.69) is 58.5 Å². The summed E-state index contributed by atoms with van der Waals surface area (Å²) in [5, 5.41) is 5.87. The number of nitrogens with one attached hydrogen (secondary N) is 2. The van der Waals surface area contributed by atoms with Gasteiger partial charge in [-0.25, -0.2) is 4.79 Å². The molecule has 6 nitrogen and oxygen atoms in total. The van der Waals surface area contributed by atoms with E-state index in [1.54, 1.807) is 7.11 Å². The Morgan fingerprint density at radius 2 is 2.04 bits per heavy atom. The van der Waals surface area contributed by atoms with Crippen LogP contribution in [0.25, 0.3) is 0 Å². The summed E-state index contributed by atoms with van der Waals surface area (Å²) in [6.07, 6.45) is 1.81. The number of piperazine rings is 1. The number of hydrogen-bond acceptors (Lipinski definition) is 4. The van der Waals surface area contributed by atoms with Crippen LogP contribution in [0.2, 0.25) is 0 Å². The molecule has 0 aromatic heterocycles. The largest absolute Gasteiger partial charge is 0.385 e. The van der Waals surface area contributed by atoms with E-state index < -0.39 is 0 Å². The molecule has 1 aromatic rings. The second-order valence-electron chi connectivity index (χ2n) is 7.10. The molecule has 0 saturated carbocycles. The van der Waals surface area contributed by atoms with Crippen LogP contribution in [0.4, 0.5) is 10.5 Å². The van der Waals surface area contributed by atoms with E-state index in [4.69, 9.17) is 4.74 Å². The zero-order valence-corrected chi connectivity index (χ0v) is 16.5. The number of carbonyl (C=O) groups excluding carboxylic acids is 1. The SMILES string of the molecule is COCCCNC(=O)NC(C)CCN1CCN(c2cccc(C)c2)CC1. The molecule has 1 saturated heterocycles. The maximum atomic E-state index is 11.8. The van der Waals surface area contributed by atoms with Gasteiger partial charge in [-0.2, -0.15) is 0 Å². The van der Waals surface area contributed by atoms with Crippen LogP contribution >= 0.6 is 0 Å². The van der Waals surface area contributed by atoms with Crippen molar-refractivity contribution in [3.8, 4) is 0 Å². The third kappa shape index (κ3) is 7.22. The van der Waals surface area contributed by atoms with E-state index in [0.29, 0.717) is 13.2 Å². The lowest BCUT2D eigenvalue weighted by Gasteiger charge is -2.36. The summed E-state index contributed by atoms with van der Waals surface area (Å²) in [4.78, 5) is 16.8. The summed E-state index contributed by atoms with van der Waals surface area (Å²) in [7, 11) is 1.67. The highest BCUT2D eigenvalue weighted by Gasteiger charge is 2.18. The van der Waals surface area contributed by atoms with Crippen molar-refractivity contribution in [1.82, 2.24) is 15.5 Å². The Bertz CT molecular complexity index is 544. The number of rotatable bonds is 9. The molecule has 1 heterocycles. The molecule has 1 aliphatic rings. The number of nitrogens with zero attached hydrogens (tertiary/aromatic N) is 2. The van der Waals surface area contributed by atoms with Gasteiger partial charge in [0.2, 0.25) is 0 Å².